The van der Waals surface area contributed by atoms with Crippen molar-refractivity contribution < 1.29 is 9.90 Å². The summed E-state index contributed by atoms with van der Waals surface area (Å²) in [4.78, 5) is 11.6. The van der Waals surface area contributed by atoms with E-state index in [1.165, 1.54) is 0 Å². The number of hydrogen-bond donors (Lipinski definition) is 2. The topological polar surface area (TPSA) is 49.3 Å². The summed E-state index contributed by atoms with van der Waals surface area (Å²) in [6.45, 7) is 1.88. The first-order chi connectivity index (χ1) is 9.65. The maximum Gasteiger partial charge on any atom is 0.231 e. The van der Waals surface area contributed by atoms with Crippen LogP contribution in [0.5, 0.6) is 0 Å². The molecule has 0 radical (unpaired) electrons. The molecule has 3 rings (SSSR count). The fourth-order valence-corrected chi connectivity index (χ4v) is 2.60. The molecule has 0 fully saturated rings. The summed E-state index contributed by atoms with van der Waals surface area (Å²) in [5.41, 5.74) is 3.79. The molecule has 0 saturated heterocycles. The van der Waals surface area contributed by atoms with E-state index < -0.39 is 6.10 Å². The Labute approximate surface area is 118 Å². The number of anilines is 1. The molecular formula is C17H17NO2. The van der Waals surface area contributed by atoms with Crippen LogP contribution in [0.25, 0.3) is 0 Å². The van der Waals surface area contributed by atoms with Gasteiger partial charge in [-0.25, -0.2) is 0 Å². The zero-order chi connectivity index (χ0) is 14.1. The smallest absolute Gasteiger partial charge is 0.231 e. The summed E-state index contributed by atoms with van der Waals surface area (Å²) in [7, 11) is 0. The van der Waals surface area contributed by atoms with Gasteiger partial charge in [-0.05, 0) is 29.7 Å². The van der Waals surface area contributed by atoms with Gasteiger partial charge in [-0.3, -0.25) is 4.79 Å². The van der Waals surface area contributed by atoms with Crippen molar-refractivity contribution in [2.24, 2.45) is 0 Å². The van der Waals surface area contributed by atoms with Crippen molar-refractivity contribution in [3.05, 3.63) is 65.2 Å². The average molecular weight is 267 g/mol. The standard InChI is InChI=1S/C17H17NO2/c1-11-14-10-13(7-8-15(14)18-17(11)20)16(19)9-12-5-3-2-4-6-12/h2-8,10-11,16,19H,9H2,1H3,(H,18,20). The molecule has 2 atom stereocenters. The molecule has 3 heteroatoms. The lowest BCUT2D eigenvalue weighted by Gasteiger charge is -2.13. The number of carbonyl (C=O) groups is 1. The van der Waals surface area contributed by atoms with E-state index in [2.05, 4.69) is 5.32 Å². The molecule has 0 aromatic heterocycles. The summed E-state index contributed by atoms with van der Waals surface area (Å²) >= 11 is 0. The monoisotopic (exact) mass is 267 g/mol. The molecule has 0 aliphatic carbocycles. The number of aliphatic hydroxyl groups is 1. The maximum absolute atomic E-state index is 11.6. The third kappa shape index (κ3) is 2.32. The van der Waals surface area contributed by atoms with Gasteiger partial charge in [-0.15, -0.1) is 0 Å². The number of aliphatic hydroxyl groups excluding tert-OH is 1. The second kappa shape index (κ2) is 5.10. The van der Waals surface area contributed by atoms with E-state index in [0.717, 1.165) is 22.4 Å². The molecular weight excluding hydrogens is 250 g/mol. The molecule has 20 heavy (non-hydrogen) atoms. The summed E-state index contributed by atoms with van der Waals surface area (Å²) < 4.78 is 0. The van der Waals surface area contributed by atoms with Crippen LogP contribution in [-0.2, 0) is 11.2 Å². The molecule has 0 spiro atoms. The highest BCUT2D eigenvalue weighted by Gasteiger charge is 2.27. The second-order valence-corrected chi connectivity index (χ2v) is 5.26. The third-order valence-corrected chi connectivity index (χ3v) is 3.85. The Balaban J connectivity index is 1.83. The van der Waals surface area contributed by atoms with E-state index in [0.29, 0.717) is 6.42 Å². The lowest BCUT2D eigenvalue weighted by Crippen LogP contribution is -2.08. The van der Waals surface area contributed by atoms with Crippen LogP contribution in [0.4, 0.5) is 5.69 Å². The molecule has 1 heterocycles. The van der Waals surface area contributed by atoms with Crippen molar-refractivity contribution in [3.8, 4) is 0 Å². The van der Waals surface area contributed by atoms with Crippen LogP contribution >= 0.6 is 0 Å². The molecule has 2 N–H and O–H groups in total. The first kappa shape index (κ1) is 12.9. The van der Waals surface area contributed by atoms with Crippen LogP contribution in [0, 0.1) is 0 Å². The highest BCUT2D eigenvalue weighted by atomic mass is 16.3. The number of amides is 1. The Morgan fingerprint density at radius 1 is 1.20 bits per heavy atom. The highest BCUT2D eigenvalue weighted by molar-refractivity contribution is 6.02. The Morgan fingerprint density at radius 2 is 1.95 bits per heavy atom. The first-order valence-electron chi connectivity index (χ1n) is 6.82. The number of benzene rings is 2. The minimum absolute atomic E-state index is 0.0229. The maximum atomic E-state index is 11.6. The summed E-state index contributed by atoms with van der Waals surface area (Å²) in [6, 6.07) is 15.6. The van der Waals surface area contributed by atoms with Gasteiger partial charge in [-0.2, -0.15) is 0 Å². The van der Waals surface area contributed by atoms with Crippen LogP contribution in [0.3, 0.4) is 0 Å². The fourth-order valence-electron chi connectivity index (χ4n) is 2.60. The van der Waals surface area contributed by atoms with E-state index in [4.69, 9.17) is 0 Å². The summed E-state index contributed by atoms with van der Waals surface area (Å²) in [5.74, 6) is -0.122. The Bertz CT molecular complexity index is 637. The molecule has 3 nitrogen and oxygen atoms in total. The minimum Gasteiger partial charge on any atom is -0.388 e. The lowest BCUT2D eigenvalue weighted by atomic mass is 9.96. The number of nitrogens with one attached hydrogen (secondary N) is 1. The summed E-state index contributed by atoms with van der Waals surface area (Å²) in [5, 5.41) is 13.2. The number of rotatable bonds is 3. The van der Waals surface area contributed by atoms with Crippen LogP contribution in [0.2, 0.25) is 0 Å². The van der Waals surface area contributed by atoms with Crippen molar-refractivity contribution in [2.75, 3.05) is 5.32 Å². The van der Waals surface area contributed by atoms with E-state index in [9.17, 15) is 9.90 Å². The van der Waals surface area contributed by atoms with Crippen LogP contribution < -0.4 is 5.32 Å². The third-order valence-electron chi connectivity index (χ3n) is 3.85. The predicted molar refractivity (Wildman–Crippen MR) is 78.6 cm³/mol. The second-order valence-electron chi connectivity index (χ2n) is 5.26. The van der Waals surface area contributed by atoms with E-state index >= 15 is 0 Å². The van der Waals surface area contributed by atoms with Crippen molar-refractivity contribution >= 4 is 11.6 Å². The van der Waals surface area contributed by atoms with Crippen molar-refractivity contribution in [1.82, 2.24) is 0 Å². The van der Waals surface area contributed by atoms with Gasteiger partial charge < -0.3 is 10.4 Å². The van der Waals surface area contributed by atoms with Gasteiger partial charge in [0.2, 0.25) is 5.91 Å². The van der Waals surface area contributed by atoms with Gasteiger partial charge in [0.05, 0.1) is 12.0 Å². The Kier molecular flexibility index (Phi) is 3.28. The number of hydrogen-bond acceptors (Lipinski definition) is 2. The van der Waals surface area contributed by atoms with E-state index in [1.807, 2.05) is 55.5 Å². The minimum atomic E-state index is -0.550. The van der Waals surface area contributed by atoms with Gasteiger partial charge in [0, 0.05) is 12.1 Å². The van der Waals surface area contributed by atoms with Gasteiger partial charge in [-0.1, -0.05) is 42.5 Å². The van der Waals surface area contributed by atoms with Gasteiger partial charge in [0.25, 0.3) is 0 Å². The molecule has 0 bridgehead atoms. The molecule has 1 aliphatic heterocycles. The fraction of sp³-hybridized carbons (Fsp3) is 0.235. The van der Waals surface area contributed by atoms with Crippen LogP contribution in [0.15, 0.2) is 48.5 Å². The Morgan fingerprint density at radius 3 is 2.70 bits per heavy atom. The van der Waals surface area contributed by atoms with Crippen molar-refractivity contribution in [3.63, 3.8) is 0 Å². The molecule has 2 aromatic rings. The Hall–Kier alpha value is -2.13. The molecule has 2 unspecified atom stereocenters. The molecule has 1 amide bonds. The van der Waals surface area contributed by atoms with Crippen LogP contribution in [-0.4, -0.2) is 11.0 Å². The van der Waals surface area contributed by atoms with Gasteiger partial charge in [0.1, 0.15) is 0 Å². The van der Waals surface area contributed by atoms with Crippen molar-refractivity contribution in [2.45, 2.75) is 25.4 Å². The van der Waals surface area contributed by atoms with E-state index in [-0.39, 0.29) is 11.8 Å². The predicted octanol–water partition coefficient (Wildman–Crippen LogP) is 3.02. The van der Waals surface area contributed by atoms with Crippen molar-refractivity contribution in [1.29, 1.82) is 0 Å². The highest BCUT2D eigenvalue weighted by Crippen LogP contribution is 2.34. The molecule has 1 aliphatic rings. The SMILES string of the molecule is CC1C(=O)Nc2ccc(C(O)Cc3ccccc3)cc21. The largest absolute Gasteiger partial charge is 0.388 e. The number of carbonyl (C=O) groups excluding carboxylic acids is 1. The zero-order valence-electron chi connectivity index (χ0n) is 11.3. The lowest BCUT2D eigenvalue weighted by molar-refractivity contribution is -0.116. The normalized spacial score (nSPS) is 18.5. The molecule has 102 valence electrons. The molecule has 2 aromatic carbocycles. The van der Waals surface area contributed by atoms with Crippen LogP contribution in [0.1, 0.15) is 35.6 Å². The quantitative estimate of drug-likeness (QED) is 0.898. The average Bonchev–Trinajstić information content (AvgIpc) is 2.75. The number of fused-ring (bicyclic) bond motifs is 1. The summed E-state index contributed by atoms with van der Waals surface area (Å²) in [6.07, 6.45) is 0.0284. The van der Waals surface area contributed by atoms with Gasteiger partial charge >= 0.3 is 0 Å². The first-order valence-corrected chi connectivity index (χ1v) is 6.82. The van der Waals surface area contributed by atoms with E-state index in [1.54, 1.807) is 0 Å². The molecule has 0 saturated carbocycles. The van der Waals surface area contributed by atoms with Gasteiger partial charge in [0.15, 0.2) is 0 Å². The zero-order valence-corrected chi connectivity index (χ0v) is 11.3.